The van der Waals surface area contributed by atoms with E-state index in [4.69, 9.17) is 27.9 Å². The van der Waals surface area contributed by atoms with E-state index in [0.717, 1.165) is 30.5 Å². The molecule has 29 heavy (non-hydrogen) atoms. The fourth-order valence-electron chi connectivity index (χ4n) is 4.12. The van der Waals surface area contributed by atoms with Crippen LogP contribution >= 0.6 is 23.2 Å². The zero-order valence-electron chi connectivity index (χ0n) is 17.3. The average Bonchev–Trinajstić information content (AvgIpc) is 2.61. The molecule has 6 heteroatoms. The van der Waals surface area contributed by atoms with E-state index in [-0.39, 0.29) is 11.2 Å². The second-order valence-corrected chi connectivity index (χ2v) is 9.41. The van der Waals surface area contributed by atoms with E-state index in [1.165, 1.54) is 0 Å². The van der Waals surface area contributed by atoms with Crippen LogP contribution in [0, 0.1) is 5.41 Å². The van der Waals surface area contributed by atoms with Gasteiger partial charge < -0.3 is 10.1 Å². The minimum absolute atomic E-state index is 0.0474. The minimum Gasteiger partial charge on any atom is -0.462 e. The summed E-state index contributed by atoms with van der Waals surface area (Å²) in [4.78, 5) is 26.2. The molecule has 0 unspecified atom stereocenters. The molecule has 1 atom stereocenters. The quantitative estimate of drug-likeness (QED) is 0.459. The number of allylic oxidation sites excluding steroid dienone is 3. The molecule has 0 fully saturated rings. The van der Waals surface area contributed by atoms with Crippen LogP contribution in [0.25, 0.3) is 0 Å². The summed E-state index contributed by atoms with van der Waals surface area (Å²) in [5.41, 5.74) is 3.33. The first-order valence-corrected chi connectivity index (χ1v) is 10.8. The van der Waals surface area contributed by atoms with Gasteiger partial charge in [-0.25, -0.2) is 4.79 Å². The van der Waals surface area contributed by atoms with Gasteiger partial charge in [-0.3, -0.25) is 4.79 Å². The van der Waals surface area contributed by atoms with Gasteiger partial charge in [0.1, 0.15) is 0 Å². The molecule has 3 rings (SSSR count). The number of hydrogen-bond donors (Lipinski definition) is 1. The van der Waals surface area contributed by atoms with Crippen LogP contribution < -0.4 is 5.32 Å². The molecule has 0 spiro atoms. The van der Waals surface area contributed by atoms with Crippen molar-refractivity contribution in [1.82, 2.24) is 5.32 Å². The number of halogens is 2. The Hall–Kier alpha value is -1.78. The molecule has 1 heterocycles. The van der Waals surface area contributed by atoms with Crippen LogP contribution in [0.5, 0.6) is 0 Å². The molecule has 0 aromatic heterocycles. The zero-order chi connectivity index (χ0) is 21.3. The van der Waals surface area contributed by atoms with E-state index in [0.29, 0.717) is 39.9 Å². The van der Waals surface area contributed by atoms with E-state index < -0.39 is 11.9 Å². The highest BCUT2D eigenvalue weighted by molar-refractivity contribution is 6.42. The zero-order valence-corrected chi connectivity index (χ0v) is 18.8. The smallest absolute Gasteiger partial charge is 0.336 e. The second kappa shape index (κ2) is 8.53. The lowest BCUT2D eigenvalue weighted by atomic mass is 9.68. The topological polar surface area (TPSA) is 55.4 Å². The molecule has 0 saturated heterocycles. The molecule has 0 radical (unpaired) electrons. The summed E-state index contributed by atoms with van der Waals surface area (Å²) < 4.78 is 5.52. The first-order chi connectivity index (χ1) is 13.6. The van der Waals surface area contributed by atoms with Crippen LogP contribution in [0.2, 0.25) is 10.0 Å². The van der Waals surface area contributed by atoms with Crippen LogP contribution in [0.15, 0.2) is 40.7 Å². The fraction of sp³-hybridized carbons (Fsp3) is 0.478. The van der Waals surface area contributed by atoms with Gasteiger partial charge in [-0.15, -0.1) is 0 Å². The van der Waals surface area contributed by atoms with Crippen molar-refractivity contribution in [1.29, 1.82) is 0 Å². The molecular weight excluding hydrogens is 409 g/mol. The maximum atomic E-state index is 13.2. The molecule has 1 aliphatic carbocycles. The third kappa shape index (κ3) is 4.54. The molecule has 2 aliphatic rings. The molecule has 0 amide bonds. The minimum atomic E-state index is -0.515. The van der Waals surface area contributed by atoms with Crippen molar-refractivity contribution in [2.45, 2.75) is 59.3 Å². The molecule has 1 N–H and O–H groups in total. The van der Waals surface area contributed by atoms with Gasteiger partial charge in [0.05, 0.1) is 22.2 Å². The highest BCUT2D eigenvalue weighted by atomic mass is 35.5. The van der Waals surface area contributed by atoms with Crippen molar-refractivity contribution in [3.05, 3.63) is 56.3 Å². The number of nitrogens with one attached hydrogen (secondary N) is 1. The second-order valence-electron chi connectivity index (χ2n) is 8.59. The number of Topliss-reactive ketones (excluding diaryl/α,β-unsaturated/α-hetero) is 1. The summed E-state index contributed by atoms with van der Waals surface area (Å²) in [7, 11) is 0. The summed E-state index contributed by atoms with van der Waals surface area (Å²) in [6.07, 6.45) is 2.90. The number of unbranched alkanes of at least 4 members (excludes halogenated alkanes) is 1. The van der Waals surface area contributed by atoms with Crippen molar-refractivity contribution in [2.24, 2.45) is 5.41 Å². The standard InChI is InChI=1S/C23H27Cl2NO3/c1-5-6-9-29-22(28)19-13(2)26-17-11-23(3,4)12-18(27)21(17)20(19)14-7-8-15(24)16(25)10-14/h7-8,10,20,26H,5-6,9,11-12H2,1-4H3/t20-/m0/s1. The number of rotatable bonds is 5. The predicted molar refractivity (Wildman–Crippen MR) is 116 cm³/mol. The fourth-order valence-corrected chi connectivity index (χ4v) is 4.43. The van der Waals surface area contributed by atoms with Crippen molar-refractivity contribution in [3.63, 3.8) is 0 Å². The van der Waals surface area contributed by atoms with Crippen LogP contribution in [-0.4, -0.2) is 18.4 Å². The number of ether oxygens (including phenoxy) is 1. The molecule has 156 valence electrons. The van der Waals surface area contributed by atoms with Gasteiger partial charge in [-0.05, 0) is 42.9 Å². The Balaban J connectivity index is 2.11. The molecule has 1 aliphatic heterocycles. The number of carbonyl (C=O) groups excluding carboxylic acids is 2. The van der Waals surface area contributed by atoms with Gasteiger partial charge >= 0.3 is 5.97 Å². The molecule has 0 saturated carbocycles. The van der Waals surface area contributed by atoms with Crippen molar-refractivity contribution < 1.29 is 14.3 Å². The van der Waals surface area contributed by atoms with Crippen LogP contribution in [0.4, 0.5) is 0 Å². The summed E-state index contributed by atoms with van der Waals surface area (Å²) in [6.45, 7) is 8.42. The first kappa shape index (κ1) is 21.9. The van der Waals surface area contributed by atoms with Gasteiger partial charge in [0.2, 0.25) is 0 Å². The highest BCUT2D eigenvalue weighted by Crippen LogP contribution is 2.47. The Labute approximate surface area is 182 Å². The van der Waals surface area contributed by atoms with Gasteiger partial charge in [0, 0.05) is 29.3 Å². The summed E-state index contributed by atoms with van der Waals surface area (Å²) >= 11 is 12.4. The Kier molecular flexibility index (Phi) is 6.45. The van der Waals surface area contributed by atoms with Gasteiger partial charge in [0.25, 0.3) is 0 Å². The summed E-state index contributed by atoms with van der Waals surface area (Å²) in [6, 6.07) is 5.27. The Morgan fingerprint density at radius 2 is 1.97 bits per heavy atom. The lowest BCUT2D eigenvalue weighted by Crippen LogP contribution is -2.38. The van der Waals surface area contributed by atoms with Crippen molar-refractivity contribution >= 4 is 35.0 Å². The Morgan fingerprint density at radius 3 is 2.62 bits per heavy atom. The normalized spacial score (nSPS) is 21.0. The van der Waals surface area contributed by atoms with E-state index in [1.807, 2.05) is 19.9 Å². The Bertz CT molecular complexity index is 915. The van der Waals surface area contributed by atoms with Crippen molar-refractivity contribution in [3.8, 4) is 0 Å². The average molecular weight is 436 g/mol. The third-order valence-electron chi connectivity index (χ3n) is 5.47. The number of hydrogen-bond acceptors (Lipinski definition) is 4. The number of esters is 1. The molecule has 0 bridgehead atoms. The lowest BCUT2D eigenvalue weighted by molar-refractivity contribution is -0.139. The lowest BCUT2D eigenvalue weighted by Gasteiger charge is -2.39. The van der Waals surface area contributed by atoms with E-state index in [9.17, 15) is 9.59 Å². The summed E-state index contributed by atoms with van der Waals surface area (Å²) in [5.74, 6) is -0.867. The first-order valence-electron chi connectivity index (χ1n) is 10.0. The van der Waals surface area contributed by atoms with E-state index in [1.54, 1.807) is 12.1 Å². The third-order valence-corrected chi connectivity index (χ3v) is 6.21. The van der Waals surface area contributed by atoms with E-state index in [2.05, 4.69) is 19.2 Å². The number of carbonyl (C=O) groups is 2. The molecule has 1 aromatic carbocycles. The molecular formula is C23H27Cl2NO3. The van der Waals surface area contributed by atoms with Gasteiger partial charge in [0.15, 0.2) is 5.78 Å². The number of benzene rings is 1. The predicted octanol–water partition coefficient (Wildman–Crippen LogP) is 5.94. The molecule has 4 nitrogen and oxygen atoms in total. The molecule has 1 aromatic rings. The van der Waals surface area contributed by atoms with Crippen LogP contribution in [-0.2, 0) is 14.3 Å². The highest BCUT2D eigenvalue weighted by Gasteiger charge is 2.43. The number of ketones is 1. The van der Waals surface area contributed by atoms with Gasteiger partial charge in [-0.1, -0.05) is 56.5 Å². The number of dihydropyridines is 1. The van der Waals surface area contributed by atoms with Crippen molar-refractivity contribution in [2.75, 3.05) is 6.61 Å². The van der Waals surface area contributed by atoms with Crippen LogP contribution in [0.3, 0.4) is 0 Å². The maximum Gasteiger partial charge on any atom is 0.336 e. The maximum absolute atomic E-state index is 13.2. The Morgan fingerprint density at radius 1 is 1.24 bits per heavy atom. The van der Waals surface area contributed by atoms with Gasteiger partial charge in [-0.2, -0.15) is 0 Å². The largest absolute Gasteiger partial charge is 0.462 e. The van der Waals surface area contributed by atoms with Crippen LogP contribution in [0.1, 0.15) is 64.9 Å². The summed E-state index contributed by atoms with van der Waals surface area (Å²) in [5, 5.41) is 4.16. The van der Waals surface area contributed by atoms with E-state index >= 15 is 0 Å². The SMILES string of the molecule is CCCCOC(=O)C1=C(C)NC2=C(C(=O)CC(C)(C)C2)[C@H]1c1ccc(Cl)c(Cl)c1. The monoisotopic (exact) mass is 435 g/mol.